The molecule has 164 valence electrons. The minimum Gasteiger partial charge on any atom is -0.203 e. The van der Waals surface area contributed by atoms with Gasteiger partial charge >= 0.3 is 0 Å². The first-order chi connectivity index (χ1) is 13.1. The SMILES string of the molecule is CCCCCCCCCCCCCCCCCCCCO[N+](C)(C)CCC. The highest BCUT2D eigenvalue weighted by Gasteiger charge is 2.14. The molecule has 0 saturated heterocycles. The Morgan fingerprint density at radius 2 is 0.778 bits per heavy atom. The van der Waals surface area contributed by atoms with E-state index in [4.69, 9.17) is 4.84 Å². The van der Waals surface area contributed by atoms with Crippen LogP contribution < -0.4 is 0 Å². The van der Waals surface area contributed by atoms with Gasteiger partial charge in [0.1, 0.15) is 13.2 Å². The monoisotopic (exact) mass is 384 g/mol. The summed E-state index contributed by atoms with van der Waals surface area (Å²) in [6.45, 7) is 6.55. The number of unbranched alkanes of at least 4 members (excludes halogenated alkanes) is 17. The van der Waals surface area contributed by atoms with Gasteiger partial charge in [-0.05, 0) is 12.8 Å². The van der Waals surface area contributed by atoms with Crippen molar-refractivity contribution in [3.05, 3.63) is 0 Å². The number of quaternary nitrogens is 1. The topological polar surface area (TPSA) is 9.23 Å². The van der Waals surface area contributed by atoms with E-state index in [9.17, 15) is 0 Å². The maximum Gasteiger partial charge on any atom is 0.108 e. The second kappa shape index (κ2) is 20.6. The number of nitrogens with zero attached hydrogens (tertiary/aromatic N) is 1. The van der Waals surface area contributed by atoms with E-state index in [1.54, 1.807) is 0 Å². The number of hydroxylamine groups is 3. The minimum absolute atomic E-state index is 0.718. The molecule has 2 heteroatoms. The van der Waals surface area contributed by atoms with Gasteiger partial charge in [0, 0.05) is 0 Å². The molecule has 27 heavy (non-hydrogen) atoms. The zero-order valence-corrected chi connectivity index (χ0v) is 19.7. The molecule has 0 bridgehead atoms. The molecule has 0 radical (unpaired) electrons. The molecule has 0 aromatic carbocycles. The van der Waals surface area contributed by atoms with E-state index in [1.165, 1.54) is 122 Å². The predicted octanol–water partition coefficient (Wildman–Crippen LogP) is 8.45. The summed E-state index contributed by atoms with van der Waals surface area (Å²) in [6, 6.07) is 0. The fraction of sp³-hybridized carbons (Fsp3) is 1.00. The van der Waals surface area contributed by atoms with Crippen molar-refractivity contribution in [2.24, 2.45) is 0 Å². The van der Waals surface area contributed by atoms with Crippen molar-refractivity contribution in [1.29, 1.82) is 0 Å². The lowest BCUT2D eigenvalue weighted by Gasteiger charge is -2.26. The molecule has 0 aliphatic carbocycles. The molecule has 0 spiro atoms. The van der Waals surface area contributed by atoms with Crippen molar-refractivity contribution < 1.29 is 9.48 Å². The highest BCUT2D eigenvalue weighted by atomic mass is 16.7. The van der Waals surface area contributed by atoms with Crippen LogP contribution in [0.1, 0.15) is 136 Å². The van der Waals surface area contributed by atoms with E-state index in [0.29, 0.717) is 0 Å². The summed E-state index contributed by atoms with van der Waals surface area (Å²) in [5.41, 5.74) is 0. The molecular weight excluding hydrogens is 330 g/mol. The van der Waals surface area contributed by atoms with Crippen molar-refractivity contribution in [2.75, 3.05) is 27.2 Å². The van der Waals surface area contributed by atoms with Crippen molar-refractivity contribution in [1.82, 2.24) is 0 Å². The molecular formula is C25H54NO+. The Bertz CT molecular complexity index is 277. The summed E-state index contributed by atoms with van der Waals surface area (Å²) in [4.78, 5) is 5.94. The Hall–Kier alpha value is -0.0800. The third-order valence-corrected chi connectivity index (χ3v) is 5.70. The van der Waals surface area contributed by atoms with Gasteiger partial charge < -0.3 is 0 Å². The van der Waals surface area contributed by atoms with E-state index < -0.39 is 0 Å². The van der Waals surface area contributed by atoms with E-state index >= 15 is 0 Å². The van der Waals surface area contributed by atoms with Crippen LogP contribution in [0.4, 0.5) is 0 Å². The molecule has 0 saturated carbocycles. The quantitative estimate of drug-likeness (QED) is 0.103. The molecule has 0 rings (SSSR count). The van der Waals surface area contributed by atoms with Crippen LogP contribution in [-0.4, -0.2) is 31.9 Å². The third-order valence-electron chi connectivity index (χ3n) is 5.70. The largest absolute Gasteiger partial charge is 0.203 e. The van der Waals surface area contributed by atoms with Crippen LogP contribution in [0.3, 0.4) is 0 Å². The first-order valence-corrected chi connectivity index (χ1v) is 12.6. The average molecular weight is 385 g/mol. The Labute approximate surface area is 173 Å². The summed E-state index contributed by atoms with van der Waals surface area (Å²) in [6.07, 6.45) is 27.0. The van der Waals surface area contributed by atoms with Crippen molar-refractivity contribution in [2.45, 2.75) is 136 Å². The van der Waals surface area contributed by atoms with Gasteiger partial charge in [0.25, 0.3) is 0 Å². The van der Waals surface area contributed by atoms with E-state index in [-0.39, 0.29) is 0 Å². The van der Waals surface area contributed by atoms with Crippen molar-refractivity contribution in [3.8, 4) is 0 Å². The predicted molar refractivity (Wildman–Crippen MR) is 122 cm³/mol. The lowest BCUT2D eigenvalue weighted by atomic mass is 10.0. The Morgan fingerprint density at radius 1 is 0.444 bits per heavy atom. The first kappa shape index (κ1) is 26.9. The van der Waals surface area contributed by atoms with Gasteiger partial charge in [0.05, 0.1) is 14.1 Å². The van der Waals surface area contributed by atoms with Crippen LogP contribution in [0, 0.1) is 0 Å². The van der Waals surface area contributed by atoms with E-state index in [0.717, 1.165) is 17.8 Å². The lowest BCUT2D eigenvalue weighted by Crippen LogP contribution is -2.40. The fourth-order valence-electron chi connectivity index (χ4n) is 3.92. The first-order valence-electron chi connectivity index (χ1n) is 12.6. The zero-order chi connectivity index (χ0) is 20.1. The Morgan fingerprint density at radius 3 is 1.11 bits per heavy atom. The van der Waals surface area contributed by atoms with Crippen LogP contribution in [0.5, 0.6) is 0 Å². The maximum absolute atomic E-state index is 5.94. The van der Waals surface area contributed by atoms with Crippen LogP contribution in [-0.2, 0) is 4.84 Å². The highest BCUT2D eigenvalue weighted by molar-refractivity contribution is 4.50. The summed E-state index contributed by atoms with van der Waals surface area (Å²) >= 11 is 0. The van der Waals surface area contributed by atoms with Crippen molar-refractivity contribution >= 4 is 0 Å². The molecule has 2 nitrogen and oxygen atoms in total. The molecule has 0 heterocycles. The molecule has 0 aliphatic heterocycles. The van der Waals surface area contributed by atoms with E-state index in [1.807, 2.05) is 0 Å². The zero-order valence-electron chi connectivity index (χ0n) is 19.7. The van der Waals surface area contributed by atoms with Gasteiger partial charge in [-0.15, -0.1) is 0 Å². The van der Waals surface area contributed by atoms with Gasteiger partial charge in [0.2, 0.25) is 0 Å². The van der Waals surface area contributed by atoms with Crippen LogP contribution in [0.2, 0.25) is 0 Å². The standard InChI is InChI=1S/C25H54NO/c1-5-7-8-9-10-11-12-13-14-15-16-17-18-19-20-21-22-23-25-27-26(3,4)24-6-2/h5-25H2,1-4H3/q+1. The molecule has 0 N–H and O–H groups in total. The molecule has 0 atom stereocenters. The van der Waals surface area contributed by atoms with E-state index in [2.05, 4.69) is 27.9 Å². The normalized spacial score (nSPS) is 12.0. The van der Waals surface area contributed by atoms with Crippen LogP contribution in [0.25, 0.3) is 0 Å². The Balaban J connectivity index is 3.09. The van der Waals surface area contributed by atoms with Gasteiger partial charge in [-0.25, -0.2) is 4.84 Å². The molecule has 0 aromatic rings. The van der Waals surface area contributed by atoms with Gasteiger partial charge in [-0.2, -0.15) is 4.65 Å². The van der Waals surface area contributed by atoms with Gasteiger partial charge in [-0.1, -0.05) is 123 Å². The molecule has 0 aliphatic rings. The summed E-state index contributed by atoms with van der Waals surface area (Å²) in [5.74, 6) is 0. The molecule has 0 amide bonds. The van der Waals surface area contributed by atoms with Gasteiger partial charge in [0.15, 0.2) is 0 Å². The second-order valence-electron chi connectivity index (χ2n) is 9.14. The molecule has 0 fully saturated rings. The van der Waals surface area contributed by atoms with Gasteiger partial charge in [-0.3, -0.25) is 0 Å². The van der Waals surface area contributed by atoms with Crippen LogP contribution in [0.15, 0.2) is 0 Å². The Kier molecular flexibility index (Phi) is 20.6. The summed E-state index contributed by atoms with van der Waals surface area (Å²) < 4.78 is 0.718. The molecule has 0 aromatic heterocycles. The summed E-state index contributed by atoms with van der Waals surface area (Å²) in [7, 11) is 4.33. The number of rotatable bonds is 22. The highest BCUT2D eigenvalue weighted by Crippen LogP contribution is 2.14. The second-order valence-corrected chi connectivity index (χ2v) is 9.14. The summed E-state index contributed by atoms with van der Waals surface area (Å²) in [5, 5.41) is 0. The smallest absolute Gasteiger partial charge is 0.108 e. The van der Waals surface area contributed by atoms with Crippen LogP contribution >= 0.6 is 0 Å². The van der Waals surface area contributed by atoms with Crippen molar-refractivity contribution in [3.63, 3.8) is 0 Å². The fourth-order valence-corrected chi connectivity index (χ4v) is 3.92. The number of hydrogen-bond donors (Lipinski definition) is 0. The number of hydrogen-bond acceptors (Lipinski definition) is 1. The third kappa shape index (κ3) is 22.1. The molecule has 0 unspecified atom stereocenters. The average Bonchev–Trinajstić information content (AvgIpc) is 2.63. The lowest BCUT2D eigenvalue weighted by molar-refractivity contribution is -1.08. The maximum atomic E-state index is 5.94. The minimum atomic E-state index is 0.718.